The molecule has 0 aromatic heterocycles. The molecule has 0 atom stereocenters. The predicted molar refractivity (Wildman–Crippen MR) is 81.1 cm³/mol. The van der Waals surface area contributed by atoms with Gasteiger partial charge in [0.05, 0.1) is 6.61 Å². The van der Waals surface area contributed by atoms with E-state index in [1.165, 1.54) is 11.1 Å². The van der Waals surface area contributed by atoms with Crippen molar-refractivity contribution in [2.75, 3.05) is 6.61 Å². The first-order valence-electron chi connectivity index (χ1n) is 6.99. The van der Waals surface area contributed by atoms with Crippen LogP contribution in [0.4, 0.5) is 0 Å². The standard InChI is InChI=1S/C18H20O2/c1-15(19)6-5-13-20-18-11-9-17(10-12-18)14-16-7-3-2-4-8-16/h2-4,7-12H,5-6,13-14H2,1H3. The van der Waals surface area contributed by atoms with Gasteiger partial charge in [-0.3, -0.25) is 0 Å². The molecule has 2 rings (SSSR count). The van der Waals surface area contributed by atoms with E-state index in [2.05, 4.69) is 36.4 Å². The number of ether oxygens (including phenoxy) is 1. The van der Waals surface area contributed by atoms with Crippen LogP contribution in [0, 0.1) is 0 Å². The number of hydrogen-bond donors (Lipinski definition) is 0. The maximum absolute atomic E-state index is 10.8. The maximum atomic E-state index is 10.8. The highest BCUT2D eigenvalue weighted by Gasteiger charge is 1.98. The van der Waals surface area contributed by atoms with Gasteiger partial charge in [-0.2, -0.15) is 0 Å². The smallest absolute Gasteiger partial charge is 0.129 e. The first kappa shape index (κ1) is 14.3. The summed E-state index contributed by atoms with van der Waals surface area (Å²) in [6.07, 6.45) is 2.30. The molecule has 0 aliphatic rings. The molecule has 104 valence electrons. The van der Waals surface area contributed by atoms with Crippen molar-refractivity contribution in [3.63, 3.8) is 0 Å². The van der Waals surface area contributed by atoms with Crippen molar-refractivity contribution in [2.24, 2.45) is 0 Å². The molecule has 2 aromatic carbocycles. The number of carbonyl (C=O) groups excluding carboxylic acids is 1. The Hall–Kier alpha value is -2.09. The van der Waals surface area contributed by atoms with Crippen LogP contribution in [0.1, 0.15) is 30.9 Å². The highest BCUT2D eigenvalue weighted by Crippen LogP contribution is 2.15. The van der Waals surface area contributed by atoms with Gasteiger partial charge >= 0.3 is 0 Å². The fraction of sp³-hybridized carbons (Fsp3) is 0.278. The van der Waals surface area contributed by atoms with Crippen LogP contribution in [0.5, 0.6) is 5.75 Å². The summed E-state index contributed by atoms with van der Waals surface area (Å²) in [6, 6.07) is 18.6. The van der Waals surface area contributed by atoms with Gasteiger partial charge in [0.1, 0.15) is 11.5 Å². The zero-order chi connectivity index (χ0) is 14.2. The van der Waals surface area contributed by atoms with Crippen molar-refractivity contribution in [2.45, 2.75) is 26.2 Å². The Morgan fingerprint density at radius 2 is 1.60 bits per heavy atom. The lowest BCUT2D eigenvalue weighted by atomic mass is 10.1. The molecule has 0 N–H and O–H groups in total. The lowest BCUT2D eigenvalue weighted by molar-refractivity contribution is -0.117. The first-order valence-corrected chi connectivity index (χ1v) is 6.99. The van der Waals surface area contributed by atoms with Gasteiger partial charge in [-0.15, -0.1) is 0 Å². The molecule has 0 aliphatic heterocycles. The van der Waals surface area contributed by atoms with Crippen molar-refractivity contribution in [1.29, 1.82) is 0 Å². The van der Waals surface area contributed by atoms with Crippen LogP contribution in [0.3, 0.4) is 0 Å². The minimum atomic E-state index is 0.215. The van der Waals surface area contributed by atoms with Gasteiger partial charge < -0.3 is 9.53 Å². The summed E-state index contributed by atoms with van der Waals surface area (Å²) in [5.41, 5.74) is 2.58. The largest absolute Gasteiger partial charge is 0.494 e. The Balaban J connectivity index is 1.82. The summed E-state index contributed by atoms with van der Waals surface area (Å²) in [4.78, 5) is 10.8. The summed E-state index contributed by atoms with van der Waals surface area (Å²) in [5.74, 6) is 1.08. The Labute approximate surface area is 120 Å². The fourth-order valence-corrected chi connectivity index (χ4v) is 2.05. The summed E-state index contributed by atoms with van der Waals surface area (Å²) in [7, 11) is 0. The number of ketones is 1. The lowest BCUT2D eigenvalue weighted by Crippen LogP contribution is -2.00. The van der Waals surface area contributed by atoms with Gasteiger partial charge in [0, 0.05) is 6.42 Å². The monoisotopic (exact) mass is 268 g/mol. The molecule has 2 heteroatoms. The highest BCUT2D eigenvalue weighted by molar-refractivity contribution is 5.75. The van der Waals surface area contributed by atoms with Crippen molar-refractivity contribution in [3.8, 4) is 5.75 Å². The van der Waals surface area contributed by atoms with E-state index in [1.807, 2.05) is 18.2 Å². The van der Waals surface area contributed by atoms with E-state index in [0.717, 1.165) is 18.6 Å². The summed E-state index contributed by atoms with van der Waals surface area (Å²) in [6.45, 7) is 2.20. The average Bonchev–Trinajstić information content (AvgIpc) is 2.46. The SMILES string of the molecule is CC(=O)CCCOc1ccc(Cc2ccccc2)cc1. The van der Waals surface area contributed by atoms with Gasteiger partial charge in [0.15, 0.2) is 0 Å². The molecule has 0 saturated heterocycles. The Kier molecular flexibility index (Phi) is 5.36. The van der Waals surface area contributed by atoms with E-state index in [0.29, 0.717) is 13.0 Å². The molecular weight excluding hydrogens is 248 g/mol. The predicted octanol–water partition coefficient (Wildman–Crippen LogP) is 4.03. The summed E-state index contributed by atoms with van der Waals surface area (Å²) >= 11 is 0. The van der Waals surface area contributed by atoms with E-state index in [-0.39, 0.29) is 5.78 Å². The topological polar surface area (TPSA) is 26.3 Å². The average molecular weight is 268 g/mol. The molecular formula is C18H20O2. The Bertz CT molecular complexity index is 529. The van der Waals surface area contributed by atoms with Gasteiger partial charge in [0.2, 0.25) is 0 Å². The fourth-order valence-electron chi connectivity index (χ4n) is 2.05. The van der Waals surface area contributed by atoms with Crippen molar-refractivity contribution >= 4 is 5.78 Å². The number of carbonyl (C=O) groups is 1. The molecule has 2 aromatic rings. The number of rotatable bonds is 7. The highest BCUT2D eigenvalue weighted by atomic mass is 16.5. The molecule has 0 saturated carbocycles. The second-order valence-corrected chi connectivity index (χ2v) is 4.96. The molecule has 0 unspecified atom stereocenters. The van der Waals surface area contributed by atoms with Gasteiger partial charge in [0.25, 0.3) is 0 Å². The molecule has 0 spiro atoms. The molecule has 0 bridgehead atoms. The van der Waals surface area contributed by atoms with E-state index in [9.17, 15) is 4.79 Å². The van der Waals surface area contributed by atoms with Crippen LogP contribution in [-0.4, -0.2) is 12.4 Å². The van der Waals surface area contributed by atoms with E-state index < -0.39 is 0 Å². The third-order valence-corrected chi connectivity index (χ3v) is 3.12. The summed E-state index contributed by atoms with van der Waals surface area (Å²) < 4.78 is 5.61. The third-order valence-electron chi connectivity index (χ3n) is 3.12. The van der Waals surface area contributed by atoms with E-state index >= 15 is 0 Å². The first-order chi connectivity index (χ1) is 9.74. The summed E-state index contributed by atoms with van der Waals surface area (Å²) in [5, 5.41) is 0. The second kappa shape index (κ2) is 7.49. The van der Waals surface area contributed by atoms with Crippen molar-refractivity contribution in [3.05, 3.63) is 65.7 Å². The van der Waals surface area contributed by atoms with Crippen LogP contribution in [0.2, 0.25) is 0 Å². The van der Waals surface area contributed by atoms with Crippen LogP contribution in [0.15, 0.2) is 54.6 Å². The molecule has 0 radical (unpaired) electrons. The minimum Gasteiger partial charge on any atom is -0.494 e. The lowest BCUT2D eigenvalue weighted by Gasteiger charge is -2.07. The van der Waals surface area contributed by atoms with Crippen molar-refractivity contribution in [1.82, 2.24) is 0 Å². The number of hydrogen-bond acceptors (Lipinski definition) is 2. The third kappa shape index (κ3) is 4.88. The van der Waals surface area contributed by atoms with Crippen molar-refractivity contribution < 1.29 is 9.53 Å². The van der Waals surface area contributed by atoms with Crippen LogP contribution >= 0.6 is 0 Å². The van der Waals surface area contributed by atoms with Gasteiger partial charge in [-0.1, -0.05) is 42.5 Å². The zero-order valence-electron chi connectivity index (χ0n) is 11.8. The molecule has 20 heavy (non-hydrogen) atoms. The van der Waals surface area contributed by atoms with Crippen LogP contribution in [-0.2, 0) is 11.2 Å². The number of benzene rings is 2. The molecule has 2 nitrogen and oxygen atoms in total. The Morgan fingerprint density at radius 3 is 2.25 bits per heavy atom. The van der Waals surface area contributed by atoms with Crippen LogP contribution < -0.4 is 4.74 Å². The van der Waals surface area contributed by atoms with Gasteiger partial charge in [-0.05, 0) is 43.0 Å². The second-order valence-electron chi connectivity index (χ2n) is 4.96. The molecule has 0 fully saturated rings. The molecule has 0 aliphatic carbocycles. The minimum absolute atomic E-state index is 0.215. The quantitative estimate of drug-likeness (QED) is 0.709. The zero-order valence-corrected chi connectivity index (χ0v) is 11.8. The molecule has 0 heterocycles. The maximum Gasteiger partial charge on any atom is 0.129 e. The number of Topliss-reactive ketones (excluding diaryl/α,β-unsaturated/α-hetero) is 1. The van der Waals surface area contributed by atoms with Gasteiger partial charge in [-0.25, -0.2) is 0 Å². The molecule has 0 amide bonds. The van der Waals surface area contributed by atoms with E-state index in [4.69, 9.17) is 4.74 Å². The normalized spacial score (nSPS) is 10.2. The Morgan fingerprint density at radius 1 is 0.950 bits per heavy atom. The van der Waals surface area contributed by atoms with Crippen LogP contribution in [0.25, 0.3) is 0 Å². The van der Waals surface area contributed by atoms with E-state index in [1.54, 1.807) is 6.92 Å².